The summed E-state index contributed by atoms with van der Waals surface area (Å²) in [5.74, 6) is -3.15. The number of methoxy groups -OCH3 is 1. The van der Waals surface area contributed by atoms with Crippen molar-refractivity contribution >= 4 is 29.0 Å². The minimum Gasteiger partial charge on any atom is -0.507 e. The maximum Gasteiger partial charge on any atom is 0.251 e. The number of phenolic OH excluding ortho intramolecular Hbond substituents is 2. The zero-order valence-electron chi connectivity index (χ0n) is 31.3. The molecule has 6 atom stereocenters. The third kappa shape index (κ3) is 6.86. The van der Waals surface area contributed by atoms with E-state index >= 15 is 0 Å². The van der Waals surface area contributed by atoms with Gasteiger partial charge in [0.15, 0.2) is 17.9 Å². The van der Waals surface area contributed by atoms with Gasteiger partial charge >= 0.3 is 0 Å². The second kappa shape index (κ2) is 15.3. The zero-order valence-corrected chi connectivity index (χ0v) is 31.3. The van der Waals surface area contributed by atoms with Gasteiger partial charge in [0.1, 0.15) is 22.8 Å². The number of rotatable bonds is 10. The maximum atomic E-state index is 14.0. The van der Waals surface area contributed by atoms with Gasteiger partial charge in [0.05, 0.1) is 61.0 Å². The molecule has 1 saturated heterocycles. The molecule has 0 bridgehead atoms. The van der Waals surface area contributed by atoms with Gasteiger partial charge in [-0.2, -0.15) is 0 Å². The van der Waals surface area contributed by atoms with Crippen LogP contribution in [0.3, 0.4) is 0 Å². The van der Waals surface area contributed by atoms with Crippen molar-refractivity contribution < 1.29 is 58.9 Å². The first-order valence-electron chi connectivity index (χ1n) is 18.9. The van der Waals surface area contributed by atoms with Crippen LogP contribution in [0.15, 0.2) is 47.6 Å². The molecule has 7 N–H and O–H groups in total. The number of carbonyl (C=O) groups excluding carboxylic acids is 4. The number of hydrogen-bond donors (Lipinski definition) is 6. The van der Waals surface area contributed by atoms with Crippen LogP contribution in [0.4, 0.5) is 0 Å². The van der Waals surface area contributed by atoms with Gasteiger partial charge in [-0.1, -0.05) is 18.7 Å². The highest BCUT2D eigenvalue weighted by atomic mass is 16.7. The lowest BCUT2D eigenvalue weighted by atomic mass is 9.71. The molecule has 15 nitrogen and oxygen atoms in total. The van der Waals surface area contributed by atoms with Gasteiger partial charge in [-0.3, -0.25) is 24.2 Å². The number of fused-ring (bicyclic) bond motifs is 3. The van der Waals surface area contributed by atoms with Gasteiger partial charge in [0, 0.05) is 66.2 Å². The van der Waals surface area contributed by atoms with Crippen LogP contribution in [0.25, 0.3) is 0 Å². The third-order valence-electron chi connectivity index (χ3n) is 12.0. The predicted molar refractivity (Wildman–Crippen MR) is 199 cm³/mol. The van der Waals surface area contributed by atoms with Crippen molar-refractivity contribution in [3.8, 4) is 17.2 Å². The zero-order chi connectivity index (χ0) is 40.2. The number of aliphatic hydroxyl groups excluding tert-OH is 2. The summed E-state index contributed by atoms with van der Waals surface area (Å²) in [6, 6.07) is 3.66. The van der Waals surface area contributed by atoms with Gasteiger partial charge in [-0.25, -0.2) is 0 Å². The molecule has 298 valence electrons. The Morgan fingerprint density at radius 3 is 2.43 bits per heavy atom. The smallest absolute Gasteiger partial charge is 0.251 e. The number of ether oxygens (including phenoxy) is 3. The number of aliphatic imine (C=N–C) groups is 1. The lowest BCUT2D eigenvalue weighted by molar-refractivity contribution is -0.245. The molecule has 7 rings (SSSR count). The summed E-state index contributed by atoms with van der Waals surface area (Å²) >= 11 is 0. The molecule has 2 aliphatic heterocycles. The summed E-state index contributed by atoms with van der Waals surface area (Å²) in [6.45, 7) is 4.91. The average Bonchev–Trinajstić information content (AvgIpc) is 3.49. The fourth-order valence-corrected chi connectivity index (χ4v) is 8.88. The van der Waals surface area contributed by atoms with E-state index in [1.807, 2.05) is 0 Å². The van der Waals surface area contributed by atoms with E-state index < -0.39 is 83.5 Å². The van der Waals surface area contributed by atoms with E-state index in [2.05, 4.69) is 11.6 Å². The summed E-state index contributed by atoms with van der Waals surface area (Å²) in [4.78, 5) is 59.6. The van der Waals surface area contributed by atoms with Gasteiger partial charge in [-0.05, 0) is 50.7 Å². The molecule has 0 radical (unpaired) electrons. The first kappa shape index (κ1) is 39.5. The Bertz CT molecular complexity index is 2020. The highest BCUT2D eigenvalue weighted by molar-refractivity contribution is 6.31. The summed E-state index contributed by atoms with van der Waals surface area (Å²) in [5.41, 5.74) is 3.28. The van der Waals surface area contributed by atoms with Crippen LogP contribution in [0, 0.1) is 11.8 Å². The number of allylic oxidation sites excluding steroid dienone is 1. The van der Waals surface area contributed by atoms with Crippen LogP contribution in [0.5, 0.6) is 17.2 Å². The largest absolute Gasteiger partial charge is 0.507 e. The SMILES string of the molecule is C=C1C=CC(=O)N1CC1CCC(C(=O)CN=C(CO)[C@]2(O)Cc3c(O)c4c(c(O)c3[C@@H](O[C@H]3C[C@@H](N)[C@H](O)C(C)O3)C2)C(=O)c2c(OC)cccc2C4=O)CC1. The van der Waals surface area contributed by atoms with Crippen LogP contribution in [0.2, 0.25) is 0 Å². The van der Waals surface area contributed by atoms with E-state index in [9.17, 15) is 44.7 Å². The summed E-state index contributed by atoms with van der Waals surface area (Å²) < 4.78 is 17.6. The molecular formula is C41H47N3O12. The fourth-order valence-electron chi connectivity index (χ4n) is 8.88. The average molecular weight is 774 g/mol. The van der Waals surface area contributed by atoms with Gasteiger partial charge in [0.2, 0.25) is 5.78 Å². The summed E-state index contributed by atoms with van der Waals surface area (Å²) in [5, 5.41) is 57.1. The Morgan fingerprint density at radius 1 is 1.07 bits per heavy atom. The number of benzene rings is 2. The highest BCUT2D eigenvalue weighted by Gasteiger charge is 2.49. The topological polar surface area (TPSA) is 239 Å². The molecule has 0 spiro atoms. The van der Waals surface area contributed by atoms with E-state index in [-0.39, 0.29) is 76.6 Å². The third-order valence-corrected chi connectivity index (χ3v) is 12.0. The maximum absolute atomic E-state index is 14.0. The monoisotopic (exact) mass is 773 g/mol. The Labute approximate surface area is 323 Å². The van der Waals surface area contributed by atoms with Crippen molar-refractivity contribution in [3.63, 3.8) is 0 Å². The molecule has 1 amide bonds. The number of hydrogen-bond acceptors (Lipinski definition) is 14. The molecular weight excluding hydrogens is 726 g/mol. The summed E-state index contributed by atoms with van der Waals surface area (Å²) in [7, 11) is 1.33. The van der Waals surface area contributed by atoms with Crippen LogP contribution >= 0.6 is 0 Å². The number of nitrogens with two attached hydrogens (primary N) is 1. The van der Waals surface area contributed by atoms with E-state index in [0.29, 0.717) is 25.1 Å². The standard InChI is InChI=1S/C41H47N3O12/c1-19-7-12-30(47)44(19)17-21-8-10-22(11-9-21)26(46)16-43-29(18-45)41(53)14-24-33(28(15-41)56-31-13-25(42)36(48)20(2)55-31)40(52)35-34(38(24)50)37(49)23-5-4-6-27(54-3)32(23)39(35)51/h4-7,12,20-22,25,28,31,36,45,48,50,52-53H,1,8-11,13-18,42H2,2-3H3/t20?,21?,22?,25-,28+,31+,36-,41+/m1/s1. The van der Waals surface area contributed by atoms with E-state index in [0.717, 1.165) is 12.8 Å². The Kier molecular flexibility index (Phi) is 10.8. The van der Waals surface area contributed by atoms with E-state index in [1.165, 1.54) is 31.4 Å². The van der Waals surface area contributed by atoms with E-state index in [4.69, 9.17) is 19.9 Å². The lowest BCUT2D eigenvalue weighted by Gasteiger charge is -2.43. The molecule has 56 heavy (non-hydrogen) atoms. The number of carbonyl (C=O) groups is 4. The van der Waals surface area contributed by atoms with Crippen molar-refractivity contribution in [1.82, 2.24) is 4.90 Å². The number of aliphatic hydroxyl groups is 3. The first-order valence-corrected chi connectivity index (χ1v) is 18.9. The lowest BCUT2D eigenvalue weighted by Crippen LogP contribution is -2.53. The van der Waals surface area contributed by atoms with Crippen LogP contribution in [0.1, 0.15) is 94.5 Å². The molecule has 2 aromatic rings. The molecule has 3 aliphatic carbocycles. The molecule has 2 heterocycles. The first-order chi connectivity index (χ1) is 26.7. The van der Waals surface area contributed by atoms with E-state index in [1.54, 1.807) is 17.9 Å². The van der Waals surface area contributed by atoms with Crippen molar-refractivity contribution in [1.29, 1.82) is 0 Å². The number of phenols is 2. The second-order valence-electron chi connectivity index (χ2n) is 15.5. The Hall–Kier alpha value is -4.77. The molecule has 1 unspecified atom stereocenters. The molecule has 5 aliphatic rings. The van der Waals surface area contributed by atoms with Crippen molar-refractivity contribution in [2.45, 2.75) is 88.1 Å². The van der Waals surface area contributed by atoms with Gasteiger partial charge < -0.3 is 50.4 Å². The number of amides is 1. The van der Waals surface area contributed by atoms with Crippen LogP contribution in [-0.2, 0) is 25.5 Å². The second-order valence-corrected chi connectivity index (χ2v) is 15.5. The van der Waals surface area contributed by atoms with Crippen LogP contribution in [-0.4, -0.2) is 116 Å². The normalized spacial score (nSPS) is 30.3. The number of nitrogens with zero attached hydrogens (tertiary/aromatic N) is 2. The quantitative estimate of drug-likeness (QED) is 0.128. The van der Waals surface area contributed by atoms with Gasteiger partial charge in [0.25, 0.3) is 5.91 Å². The minimum absolute atomic E-state index is 0.00706. The molecule has 2 fully saturated rings. The van der Waals surface area contributed by atoms with Crippen molar-refractivity contribution in [2.75, 3.05) is 26.8 Å². The molecule has 15 heteroatoms. The van der Waals surface area contributed by atoms with Gasteiger partial charge in [-0.15, -0.1) is 0 Å². The molecule has 1 saturated carbocycles. The van der Waals surface area contributed by atoms with Crippen molar-refractivity contribution in [3.05, 3.63) is 76.0 Å². The Balaban J connectivity index is 1.19. The van der Waals surface area contributed by atoms with Crippen LogP contribution < -0.4 is 10.5 Å². The number of ketones is 3. The van der Waals surface area contributed by atoms with Crippen molar-refractivity contribution in [2.24, 2.45) is 22.6 Å². The predicted octanol–water partition coefficient (Wildman–Crippen LogP) is 2.16. The highest BCUT2D eigenvalue weighted by Crippen LogP contribution is 2.52. The molecule has 2 aromatic carbocycles. The Morgan fingerprint density at radius 2 is 1.79 bits per heavy atom. The summed E-state index contributed by atoms with van der Waals surface area (Å²) in [6.07, 6.45) is 0.755. The number of Topliss-reactive ketones (excluding diaryl/α,β-unsaturated/α-hetero) is 1. The minimum atomic E-state index is -2.08. The number of aromatic hydroxyl groups is 2. The molecule has 0 aromatic heterocycles. The fraction of sp³-hybridized carbons (Fsp3) is 0.488.